The zero-order valence-corrected chi connectivity index (χ0v) is 19.5. The van der Waals surface area contributed by atoms with E-state index in [1.165, 1.54) is 11.3 Å². The molecular formula is C24H27N5O3S. The zero-order valence-electron chi connectivity index (χ0n) is 18.6. The Morgan fingerprint density at radius 2 is 1.85 bits per heavy atom. The maximum atomic E-state index is 13.4. The number of rotatable bonds is 4. The van der Waals surface area contributed by atoms with Crippen LogP contribution in [-0.2, 0) is 13.0 Å². The van der Waals surface area contributed by atoms with Crippen molar-refractivity contribution in [1.29, 1.82) is 0 Å². The first-order chi connectivity index (χ1) is 15.9. The van der Waals surface area contributed by atoms with Crippen LogP contribution in [-0.4, -0.2) is 34.5 Å². The van der Waals surface area contributed by atoms with Crippen molar-refractivity contribution in [3.63, 3.8) is 0 Å². The fourth-order valence-corrected chi connectivity index (χ4v) is 5.91. The highest BCUT2D eigenvalue weighted by molar-refractivity contribution is 7.20. The summed E-state index contributed by atoms with van der Waals surface area (Å²) in [6.07, 6.45) is 6.02. The molecule has 0 saturated carbocycles. The van der Waals surface area contributed by atoms with E-state index in [2.05, 4.69) is 10.2 Å². The quantitative estimate of drug-likeness (QED) is 0.613. The van der Waals surface area contributed by atoms with Gasteiger partial charge in [-0.2, -0.15) is 0 Å². The molecule has 0 unspecified atom stereocenters. The molecule has 9 heteroatoms. The molecule has 0 atom stereocenters. The molecule has 172 valence electrons. The highest BCUT2D eigenvalue weighted by atomic mass is 32.1. The number of aromatic nitrogens is 2. The Labute approximate surface area is 195 Å². The summed E-state index contributed by atoms with van der Waals surface area (Å²) < 4.78 is 1.78. The Kier molecular flexibility index (Phi) is 5.65. The van der Waals surface area contributed by atoms with Crippen LogP contribution in [0.3, 0.4) is 0 Å². The average Bonchev–Trinajstić information content (AvgIpc) is 3.36. The zero-order chi connectivity index (χ0) is 23.1. The number of hydrogen-bond donors (Lipinski definition) is 2. The Balaban J connectivity index is 1.54. The van der Waals surface area contributed by atoms with Crippen molar-refractivity contribution in [2.75, 3.05) is 23.3 Å². The molecule has 3 N–H and O–H groups in total. The van der Waals surface area contributed by atoms with Crippen LogP contribution in [0.2, 0.25) is 0 Å². The van der Waals surface area contributed by atoms with Crippen molar-refractivity contribution in [3.05, 3.63) is 50.4 Å². The maximum absolute atomic E-state index is 13.4. The number of amides is 2. The Morgan fingerprint density at radius 3 is 2.61 bits per heavy atom. The summed E-state index contributed by atoms with van der Waals surface area (Å²) in [7, 11) is 0. The van der Waals surface area contributed by atoms with Crippen LogP contribution in [0.4, 0.5) is 11.4 Å². The summed E-state index contributed by atoms with van der Waals surface area (Å²) in [6, 6.07) is 5.16. The summed E-state index contributed by atoms with van der Waals surface area (Å²) in [6.45, 7) is 4.27. The third-order valence-corrected chi connectivity index (χ3v) is 7.78. The van der Waals surface area contributed by atoms with Crippen LogP contribution in [0.25, 0.3) is 10.2 Å². The topological polar surface area (TPSA) is 110 Å². The summed E-state index contributed by atoms with van der Waals surface area (Å²) in [5.41, 5.74) is 7.84. The summed E-state index contributed by atoms with van der Waals surface area (Å²) in [4.78, 5) is 46.4. The van der Waals surface area contributed by atoms with Gasteiger partial charge in [-0.3, -0.25) is 19.0 Å². The van der Waals surface area contributed by atoms with E-state index in [9.17, 15) is 14.4 Å². The van der Waals surface area contributed by atoms with E-state index in [1.54, 1.807) is 16.7 Å². The Morgan fingerprint density at radius 1 is 1.09 bits per heavy atom. The van der Waals surface area contributed by atoms with Crippen molar-refractivity contribution in [1.82, 2.24) is 9.55 Å². The van der Waals surface area contributed by atoms with Gasteiger partial charge in [0, 0.05) is 31.6 Å². The van der Waals surface area contributed by atoms with Gasteiger partial charge in [0.05, 0.1) is 21.6 Å². The first-order valence-corrected chi connectivity index (χ1v) is 12.3. The molecule has 8 nitrogen and oxygen atoms in total. The van der Waals surface area contributed by atoms with Gasteiger partial charge < -0.3 is 16.0 Å². The lowest BCUT2D eigenvalue weighted by Gasteiger charge is -2.22. The third-order valence-electron chi connectivity index (χ3n) is 6.59. The van der Waals surface area contributed by atoms with E-state index in [0.29, 0.717) is 38.5 Å². The molecule has 0 spiro atoms. The second-order valence-electron chi connectivity index (χ2n) is 8.78. The summed E-state index contributed by atoms with van der Waals surface area (Å²) >= 11 is 1.25. The second kappa shape index (κ2) is 8.62. The van der Waals surface area contributed by atoms with Crippen molar-refractivity contribution in [3.8, 4) is 0 Å². The smallest absolute Gasteiger partial charge is 0.266 e. The maximum Gasteiger partial charge on any atom is 0.266 e. The molecule has 2 aromatic heterocycles. The van der Waals surface area contributed by atoms with Gasteiger partial charge in [0.2, 0.25) is 5.91 Å². The molecule has 1 fully saturated rings. The van der Waals surface area contributed by atoms with E-state index in [4.69, 9.17) is 10.7 Å². The highest BCUT2D eigenvalue weighted by Gasteiger charge is 2.24. The fourth-order valence-electron chi connectivity index (χ4n) is 4.83. The van der Waals surface area contributed by atoms with Gasteiger partial charge in [-0.15, -0.1) is 11.3 Å². The number of fused-ring (bicyclic) bond motifs is 2. The molecule has 0 radical (unpaired) electrons. The van der Waals surface area contributed by atoms with E-state index in [0.717, 1.165) is 63.1 Å². The fraction of sp³-hybridized carbons (Fsp3) is 0.417. The lowest BCUT2D eigenvalue weighted by atomic mass is 10.1. The van der Waals surface area contributed by atoms with Gasteiger partial charge >= 0.3 is 0 Å². The second-order valence-corrected chi connectivity index (χ2v) is 9.78. The molecule has 3 aromatic rings. The molecule has 1 saturated heterocycles. The third kappa shape index (κ3) is 3.90. The van der Waals surface area contributed by atoms with Gasteiger partial charge in [0.15, 0.2) is 0 Å². The first-order valence-electron chi connectivity index (χ1n) is 11.5. The molecule has 0 aliphatic carbocycles. The van der Waals surface area contributed by atoms with Gasteiger partial charge in [0.25, 0.3) is 11.5 Å². The van der Waals surface area contributed by atoms with Crippen molar-refractivity contribution in [2.24, 2.45) is 5.73 Å². The number of nitrogens with zero attached hydrogens (tertiary/aromatic N) is 3. The number of carbonyl (C=O) groups excluding carboxylic acids is 2. The molecular weight excluding hydrogens is 438 g/mol. The molecule has 4 heterocycles. The van der Waals surface area contributed by atoms with Crippen molar-refractivity contribution in [2.45, 2.75) is 52.0 Å². The van der Waals surface area contributed by atoms with Gasteiger partial charge in [-0.05, 0) is 56.4 Å². The standard InChI is InChI=1S/C24H27N5O3S/c1-14-19-23(27-18-7-3-2-4-12-29(18)24(19)32)33-20(14)22(31)26-16-13-15(21(25)30)8-9-17(16)28-10-5-6-11-28/h8-9,13H,2-7,10-12H2,1H3,(H2,25,30)(H,26,31). The van der Waals surface area contributed by atoms with Crippen LogP contribution < -0.4 is 21.5 Å². The minimum atomic E-state index is -0.546. The van der Waals surface area contributed by atoms with E-state index in [-0.39, 0.29) is 11.5 Å². The van der Waals surface area contributed by atoms with E-state index in [1.807, 2.05) is 13.0 Å². The molecule has 2 amide bonds. The number of anilines is 2. The molecule has 5 rings (SSSR count). The monoisotopic (exact) mass is 465 g/mol. The van der Waals surface area contributed by atoms with Gasteiger partial charge in [-0.25, -0.2) is 4.98 Å². The summed E-state index contributed by atoms with van der Waals surface area (Å²) in [5, 5.41) is 3.51. The lowest BCUT2D eigenvalue weighted by Crippen LogP contribution is -2.24. The Hall–Kier alpha value is -3.20. The predicted molar refractivity (Wildman–Crippen MR) is 131 cm³/mol. The Bertz CT molecular complexity index is 1320. The lowest BCUT2D eigenvalue weighted by molar-refractivity contribution is 0.0996. The van der Waals surface area contributed by atoms with Crippen LogP contribution in [0.1, 0.15) is 63.5 Å². The number of aryl methyl sites for hydroxylation is 2. The predicted octanol–water partition coefficient (Wildman–Crippen LogP) is 3.44. The number of benzene rings is 1. The minimum absolute atomic E-state index is 0.0572. The number of thiophene rings is 1. The number of primary amides is 1. The molecule has 1 aromatic carbocycles. The minimum Gasteiger partial charge on any atom is -0.370 e. The van der Waals surface area contributed by atoms with E-state index < -0.39 is 5.91 Å². The number of nitrogens with one attached hydrogen (secondary N) is 1. The number of carbonyl (C=O) groups is 2. The van der Waals surface area contributed by atoms with E-state index >= 15 is 0 Å². The van der Waals surface area contributed by atoms with Crippen LogP contribution in [0.5, 0.6) is 0 Å². The summed E-state index contributed by atoms with van der Waals surface area (Å²) in [5.74, 6) is -0.0453. The average molecular weight is 466 g/mol. The molecule has 2 aliphatic heterocycles. The first kappa shape index (κ1) is 21.6. The SMILES string of the molecule is Cc1c(C(=O)Nc2cc(C(N)=O)ccc2N2CCCC2)sc2nc3n(c(=O)c12)CCCCC3. The van der Waals surface area contributed by atoms with Gasteiger partial charge in [-0.1, -0.05) is 6.42 Å². The normalized spacial score (nSPS) is 16.0. The van der Waals surface area contributed by atoms with Gasteiger partial charge in [0.1, 0.15) is 10.7 Å². The largest absolute Gasteiger partial charge is 0.370 e. The highest BCUT2D eigenvalue weighted by Crippen LogP contribution is 2.33. The molecule has 2 aliphatic rings. The van der Waals surface area contributed by atoms with Crippen molar-refractivity contribution >= 4 is 44.7 Å². The van der Waals surface area contributed by atoms with Crippen LogP contribution in [0.15, 0.2) is 23.0 Å². The molecule has 33 heavy (non-hydrogen) atoms. The number of nitrogens with two attached hydrogens (primary N) is 1. The molecule has 0 bridgehead atoms. The number of hydrogen-bond acceptors (Lipinski definition) is 6. The van der Waals surface area contributed by atoms with Crippen LogP contribution >= 0.6 is 11.3 Å². The van der Waals surface area contributed by atoms with Crippen LogP contribution in [0, 0.1) is 6.92 Å². The van der Waals surface area contributed by atoms with Crippen molar-refractivity contribution < 1.29 is 9.59 Å².